The lowest BCUT2D eigenvalue weighted by atomic mass is 10.1. The molecule has 27 heavy (non-hydrogen) atoms. The summed E-state index contributed by atoms with van der Waals surface area (Å²) in [7, 11) is 1.31. The first-order valence-corrected chi connectivity index (χ1v) is 8.94. The van der Waals surface area contributed by atoms with Gasteiger partial charge >= 0.3 is 11.9 Å². The third kappa shape index (κ3) is 4.91. The SMILES string of the molecule is COC(=O)c1ccc(CNC(=O)COC(=O)Cc2cn3ccsc3n2)cc1. The fourth-order valence-electron chi connectivity index (χ4n) is 2.33. The minimum Gasteiger partial charge on any atom is -0.465 e. The lowest BCUT2D eigenvalue weighted by Crippen LogP contribution is -2.28. The van der Waals surface area contributed by atoms with Gasteiger partial charge in [-0.2, -0.15) is 0 Å². The van der Waals surface area contributed by atoms with Gasteiger partial charge in [0.1, 0.15) is 0 Å². The smallest absolute Gasteiger partial charge is 0.337 e. The van der Waals surface area contributed by atoms with Crippen molar-refractivity contribution in [3.05, 3.63) is 58.9 Å². The molecule has 0 saturated carbocycles. The minimum absolute atomic E-state index is 0.0106. The van der Waals surface area contributed by atoms with E-state index < -0.39 is 17.8 Å². The number of fused-ring (bicyclic) bond motifs is 1. The third-order valence-corrected chi connectivity index (χ3v) is 4.47. The summed E-state index contributed by atoms with van der Waals surface area (Å²) in [6, 6.07) is 6.65. The summed E-state index contributed by atoms with van der Waals surface area (Å²) in [6.45, 7) is -0.101. The second-order valence-electron chi connectivity index (χ2n) is 5.63. The fraction of sp³-hybridized carbons (Fsp3) is 0.222. The summed E-state index contributed by atoms with van der Waals surface area (Å²) in [5.41, 5.74) is 1.83. The monoisotopic (exact) mass is 387 g/mol. The Hall–Kier alpha value is -3.20. The van der Waals surface area contributed by atoms with Gasteiger partial charge in [0.05, 0.1) is 24.8 Å². The van der Waals surface area contributed by atoms with E-state index in [1.54, 1.807) is 30.5 Å². The number of amides is 1. The Kier molecular flexibility index (Phi) is 5.82. The predicted molar refractivity (Wildman–Crippen MR) is 97.4 cm³/mol. The molecule has 0 aliphatic rings. The van der Waals surface area contributed by atoms with E-state index in [-0.39, 0.29) is 19.6 Å². The maximum atomic E-state index is 11.8. The molecule has 140 valence electrons. The van der Waals surface area contributed by atoms with Crippen LogP contribution in [0, 0.1) is 0 Å². The predicted octanol–water partition coefficient (Wildman–Crippen LogP) is 1.58. The van der Waals surface area contributed by atoms with Gasteiger partial charge < -0.3 is 14.8 Å². The Balaban J connectivity index is 1.40. The van der Waals surface area contributed by atoms with Crippen LogP contribution in [-0.4, -0.2) is 40.9 Å². The van der Waals surface area contributed by atoms with Gasteiger partial charge in [0, 0.05) is 24.3 Å². The largest absolute Gasteiger partial charge is 0.465 e. The highest BCUT2D eigenvalue weighted by Gasteiger charge is 2.12. The molecule has 2 aromatic heterocycles. The van der Waals surface area contributed by atoms with E-state index in [9.17, 15) is 14.4 Å². The van der Waals surface area contributed by atoms with Crippen molar-refractivity contribution in [3.8, 4) is 0 Å². The molecule has 0 aliphatic heterocycles. The molecule has 0 aliphatic carbocycles. The van der Waals surface area contributed by atoms with Crippen LogP contribution < -0.4 is 5.32 Å². The van der Waals surface area contributed by atoms with Gasteiger partial charge in [-0.15, -0.1) is 11.3 Å². The van der Waals surface area contributed by atoms with Crippen molar-refractivity contribution in [2.75, 3.05) is 13.7 Å². The van der Waals surface area contributed by atoms with Crippen LogP contribution in [0.2, 0.25) is 0 Å². The lowest BCUT2D eigenvalue weighted by Gasteiger charge is -2.07. The highest BCUT2D eigenvalue weighted by molar-refractivity contribution is 7.15. The number of ether oxygens (including phenoxy) is 2. The van der Waals surface area contributed by atoms with Gasteiger partial charge in [-0.1, -0.05) is 12.1 Å². The topological polar surface area (TPSA) is 99.0 Å². The first kappa shape index (κ1) is 18.6. The molecule has 3 aromatic rings. The number of aromatic nitrogens is 2. The summed E-state index contributed by atoms with van der Waals surface area (Å²) < 4.78 is 11.4. The van der Waals surface area contributed by atoms with E-state index in [2.05, 4.69) is 15.0 Å². The average Bonchev–Trinajstić information content (AvgIpc) is 3.26. The summed E-state index contributed by atoms with van der Waals surface area (Å²) >= 11 is 1.47. The number of carbonyl (C=O) groups excluding carboxylic acids is 3. The van der Waals surface area contributed by atoms with E-state index >= 15 is 0 Å². The maximum absolute atomic E-state index is 11.8. The number of carbonyl (C=O) groups is 3. The molecule has 0 atom stereocenters. The van der Waals surface area contributed by atoms with E-state index in [1.807, 2.05) is 16.0 Å². The van der Waals surface area contributed by atoms with E-state index in [1.165, 1.54) is 18.4 Å². The molecule has 1 aromatic carbocycles. The highest BCUT2D eigenvalue weighted by Crippen LogP contribution is 2.12. The van der Waals surface area contributed by atoms with Crippen LogP contribution in [0.5, 0.6) is 0 Å². The molecule has 0 unspecified atom stereocenters. The molecule has 3 rings (SSSR count). The van der Waals surface area contributed by atoms with Crippen molar-refractivity contribution >= 4 is 34.1 Å². The normalized spacial score (nSPS) is 10.6. The second-order valence-corrected chi connectivity index (χ2v) is 6.50. The van der Waals surface area contributed by atoms with Gasteiger partial charge in [0.25, 0.3) is 5.91 Å². The molecule has 0 fully saturated rings. The number of nitrogens with zero attached hydrogens (tertiary/aromatic N) is 2. The molecular weight excluding hydrogens is 370 g/mol. The average molecular weight is 387 g/mol. The summed E-state index contributed by atoms with van der Waals surface area (Å²) in [4.78, 5) is 40.1. The van der Waals surface area contributed by atoms with E-state index in [0.717, 1.165) is 10.5 Å². The molecule has 1 amide bonds. The van der Waals surface area contributed by atoms with Crippen molar-refractivity contribution in [2.45, 2.75) is 13.0 Å². The standard InChI is InChI=1S/C18H17N3O5S/c1-25-17(24)13-4-2-12(3-5-13)9-19-15(22)11-26-16(23)8-14-10-21-6-7-27-18(21)20-14/h2-7,10H,8-9,11H2,1H3,(H,19,22). The number of hydrogen-bond donors (Lipinski definition) is 1. The summed E-state index contributed by atoms with van der Waals surface area (Å²) in [5, 5.41) is 4.55. The zero-order valence-electron chi connectivity index (χ0n) is 14.5. The Morgan fingerprint density at radius 2 is 2.00 bits per heavy atom. The van der Waals surface area contributed by atoms with E-state index in [0.29, 0.717) is 11.3 Å². The number of hydrogen-bond acceptors (Lipinski definition) is 7. The number of nitrogens with one attached hydrogen (secondary N) is 1. The van der Waals surface area contributed by atoms with Crippen LogP contribution in [0.25, 0.3) is 4.96 Å². The summed E-state index contributed by atoms with van der Waals surface area (Å²) in [5.74, 6) is -1.35. The minimum atomic E-state index is -0.515. The first-order chi connectivity index (χ1) is 13.0. The molecule has 2 heterocycles. The lowest BCUT2D eigenvalue weighted by molar-refractivity contribution is -0.147. The number of imidazole rings is 1. The molecule has 0 spiro atoms. The van der Waals surface area contributed by atoms with Crippen LogP contribution in [0.4, 0.5) is 0 Å². The van der Waals surface area contributed by atoms with Crippen molar-refractivity contribution in [2.24, 2.45) is 0 Å². The molecule has 0 radical (unpaired) electrons. The molecule has 0 bridgehead atoms. The molecule has 0 saturated heterocycles. The third-order valence-electron chi connectivity index (χ3n) is 3.70. The highest BCUT2D eigenvalue weighted by atomic mass is 32.1. The number of rotatable bonds is 7. The Labute approximate surface area is 158 Å². The fourth-order valence-corrected chi connectivity index (χ4v) is 3.05. The van der Waals surface area contributed by atoms with Crippen LogP contribution in [-0.2, 0) is 32.0 Å². The van der Waals surface area contributed by atoms with Gasteiger partial charge in [-0.05, 0) is 17.7 Å². The number of benzene rings is 1. The van der Waals surface area contributed by atoms with Gasteiger partial charge in [0.15, 0.2) is 11.6 Å². The zero-order chi connectivity index (χ0) is 19.2. The molecular formula is C18H17N3O5S. The Bertz CT molecular complexity index is 932. The molecule has 8 nitrogen and oxygen atoms in total. The number of esters is 2. The zero-order valence-corrected chi connectivity index (χ0v) is 15.3. The number of thiazole rings is 1. The van der Waals surface area contributed by atoms with Crippen LogP contribution in [0.15, 0.2) is 42.0 Å². The number of methoxy groups -OCH3 is 1. The van der Waals surface area contributed by atoms with Crippen LogP contribution in [0.1, 0.15) is 21.6 Å². The van der Waals surface area contributed by atoms with Crippen molar-refractivity contribution in [1.82, 2.24) is 14.7 Å². The Morgan fingerprint density at radius 1 is 1.22 bits per heavy atom. The van der Waals surface area contributed by atoms with Gasteiger partial charge in [-0.3, -0.25) is 14.0 Å². The maximum Gasteiger partial charge on any atom is 0.337 e. The van der Waals surface area contributed by atoms with Gasteiger partial charge in [-0.25, -0.2) is 9.78 Å². The second kappa shape index (κ2) is 8.45. The van der Waals surface area contributed by atoms with Crippen LogP contribution >= 0.6 is 11.3 Å². The Morgan fingerprint density at radius 3 is 2.70 bits per heavy atom. The summed E-state index contributed by atoms with van der Waals surface area (Å²) in [6.07, 6.45) is 3.62. The first-order valence-electron chi connectivity index (χ1n) is 8.06. The van der Waals surface area contributed by atoms with Crippen molar-refractivity contribution < 1.29 is 23.9 Å². The molecule has 9 heteroatoms. The quantitative estimate of drug-likeness (QED) is 0.618. The van der Waals surface area contributed by atoms with Crippen LogP contribution in [0.3, 0.4) is 0 Å². The van der Waals surface area contributed by atoms with Gasteiger partial charge in [0.2, 0.25) is 0 Å². The van der Waals surface area contributed by atoms with E-state index in [4.69, 9.17) is 4.74 Å². The molecule has 1 N–H and O–H groups in total. The van der Waals surface area contributed by atoms with Crippen molar-refractivity contribution in [1.29, 1.82) is 0 Å². The van der Waals surface area contributed by atoms with Crippen molar-refractivity contribution in [3.63, 3.8) is 0 Å².